The fourth-order valence-corrected chi connectivity index (χ4v) is 4.61. The highest BCUT2D eigenvalue weighted by Crippen LogP contribution is 2.29. The summed E-state index contributed by atoms with van der Waals surface area (Å²) in [6.07, 6.45) is 10.4. The van der Waals surface area contributed by atoms with Gasteiger partial charge < -0.3 is 10.2 Å². The number of benzene rings is 2. The summed E-state index contributed by atoms with van der Waals surface area (Å²) in [5.74, 6) is -0.0227. The van der Waals surface area contributed by atoms with E-state index in [1.165, 1.54) is 24.0 Å². The molecular weight excluding hydrogens is 408 g/mol. The van der Waals surface area contributed by atoms with Crippen molar-refractivity contribution >= 4 is 12.0 Å². The van der Waals surface area contributed by atoms with Gasteiger partial charge in [0.05, 0.1) is 12.2 Å². The Balaban J connectivity index is 1.29. The Kier molecular flexibility index (Phi) is 6.40. The van der Waals surface area contributed by atoms with Crippen LogP contribution in [0.4, 0.5) is 0 Å². The molecule has 1 aliphatic carbocycles. The number of rotatable bonds is 7. The number of carbonyl (C=O) groups excluding carboxylic acids is 1. The average Bonchev–Trinajstić information content (AvgIpc) is 3.61. The number of hydrogen-bond acceptors (Lipinski definition) is 3. The molecule has 0 atom stereocenters. The van der Waals surface area contributed by atoms with Gasteiger partial charge >= 0.3 is 0 Å². The van der Waals surface area contributed by atoms with Gasteiger partial charge in [-0.15, -0.1) is 0 Å². The Bertz CT molecular complexity index is 1100. The highest BCUT2D eigenvalue weighted by molar-refractivity contribution is 5.93. The van der Waals surface area contributed by atoms with Gasteiger partial charge in [-0.3, -0.25) is 9.48 Å². The lowest BCUT2D eigenvalue weighted by Gasteiger charge is -2.32. The van der Waals surface area contributed by atoms with Crippen LogP contribution in [-0.4, -0.2) is 45.8 Å². The fourth-order valence-electron chi connectivity index (χ4n) is 4.61. The largest absolute Gasteiger partial charge is 0.350 e. The molecule has 2 fully saturated rings. The zero-order valence-corrected chi connectivity index (χ0v) is 19.3. The minimum atomic E-state index is -0.0227. The maximum Gasteiger partial charge on any atom is 0.244 e. The van der Waals surface area contributed by atoms with Crippen molar-refractivity contribution in [3.8, 4) is 11.3 Å². The number of nitrogens with one attached hydrogen (secondary N) is 1. The molecule has 1 saturated heterocycles. The van der Waals surface area contributed by atoms with Crippen molar-refractivity contribution in [1.29, 1.82) is 0 Å². The smallest absolute Gasteiger partial charge is 0.244 e. The van der Waals surface area contributed by atoms with Gasteiger partial charge in [0.15, 0.2) is 0 Å². The zero-order valence-electron chi connectivity index (χ0n) is 19.3. The predicted molar refractivity (Wildman–Crippen MR) is 133 cm³/mol. The molecule has 1 N–H and O–H groups in total. The van der Waals surface area contributed by atoms with E-state index < -0.39 is 0 Å². The van der Waals surface area contributed by atoms with Crippen molar-refractivity contribution in [2.24, 2.45) is 0 Å². The van der Waals surface area contributed by atoms with Crippen LogP contribution in [-0.2, 0) is 11.3 Å². The first-order valence-electron chi connectivity index (χ1n) is 12.0. The second-order valence-corrected chi connectivity index (χ2v) is 9.37. The number of piperidine rings is 1. The van der Waals surface area contributed by atoms with Gasteiger partial charge in [0, 0.05) is 48.6 Å². The lowest BCUT2D eigenvalue weighted by atomic mass is 10.0. The molecule has 0 spiro atoms. The minimum absolute atomic E-state index is 0.0227. The van der Waals surface area contributed by atoms with Gasteiger partial charge in [-0.25, -0.2) is 0 Å². The van der Waals surface area contributed by atoms with Crippen molar-refractivity contribution in [2.45, 2.75) is 51.2 Å². The van der Waals surface area contributed by atoms with Crippen molar-refractivity contribution in [1.82, 2.24) is 20.0 Å². The molecule has 5 nitrogen and oxygen atoms in total. The zero-order chi connectivity index (χ0) is 22.6. The van der Waals surface area contributed by atoms with E-state index in [4.69, 9.17) is 5.10 Å². The third-order valence-corrected chi connectivity index (χ3v) is 6.66. The maximum atomic E-state index is 12.7. The molecule has 2 heterocycles. The third kappa shape index (κ3) is 5.60. The summed E-state index contributed by atoms with van der Waals surface area (Å²) in [5, 5.41) is 8.06. The molecule has 1 aromatic heterocycles. The molecule has 1 saturated carbocycles. The Morgan fingerprint density at radius 3 is 2.45 bits per heavy atom. The number of hydrogen-bond donors (Lipinski definition) is 1. The van der Waals surface area contributed by atoms with Gasteiger partial charge in [0.25, 0.3) is 0 Å². The topological polar surface area (TPSA) is 50.2 Å². The molecular formula is C28H32N4O. The number of likely N-dealkylation sites (tertiary alicyclic amines) is 1. The van der Waals surface area contributed by atoms with Crippen LogP contribution in [0.3, 0.4) is 0 Å². The summed E-state index contributed by atoms with van der Waals surface area (Å²) in [6, 6.07) is 19.8. The van der Waals surface area contributed by atoms with Crippen molar-refractivity contribution in [3.63, 3.8) is 0 Å². The number of amides is 1. The van der Waals surface area contributed by atoms with E-state index in [1.807, 2.05) is 35.2 Å². The third-order valence-electron chi connectivity index (χ3n) is 6.66. The van der Waals surface area contributed by atoms with Crippen LogP contribution in [0.5, 0.6) is 0 Å². The van der Waals surface area contributed by atoms with E-state index in [0.717, 1.165) is 48.8 Å². The molecule has 0 unspecified atom stereocenters. The van der Waals surface area contributed by atoms with Crippen LogP contribution in [0.2, 0.25) is 0 Å². The van der Waals surface area contributed by atoms with Crippen molar-refractivity contribution in [2.75, 3.05) is 13.1 Å². The lowest BCUT2D eigenvalue weighted by molar-refractivity contribution is -0.117. The van der Waals surface area contributed by atoms with E-state index in [-0.39, 0.29) is 11.9 Å². The molecule has 33 heavy (non-hydrogen) atoms. The highest BCUT2D eigenvalue weighted by atomic mass is 16.1. The van der Waals surface area contributed by atoms with E-state index >= 15 is 0 Å². The van der Waals surface area contributed by atoms with Crippen molar-refractivity contribution < 1.29 is 4.79 Å². The monoisotopic (exact) mass is 440 g/mol. The van der Waals surface area contributed by atoms with E-state index in [1.54, 1.807) is 6.08 Å². The van der Waals surface area contributed by atoms with Crippen LogP contribution >= 0.6 is 0 Å². The summed E-state index contributed by atoms with van der Waals surface area (Å²) >= 11 is 0. The Labute approximate surface area is 196 Å². The SMILES string of the molecule is Cc1ccc(-c2nn(Cc3ccccc3)cc2/C=C/C(=O)NC2CCN(C3CC3)CC2)cc1. The van der Waals surface area contributed by atoms with Crippen molar-refractivity contribution in [3.05, 3.63) is 83.6 Å². The Morgan fingerprint density at radius 1 is 1.03 bits per heavy atom. The van der Waals surface area contributed by atoms with Crippen LogP contribution in [0.25, 0.3) is 17.3 Å². The molecule has 0 radical (unpaired) electrons. The summed E-state index contributed by atoms with van der Waals surface area (Å²) in [7, 11) is 0. The standard InChI is InChI=1S/C28H32N4O/c1-21-7-9-23(10-8-21)28-24(20-32(30-28)19-22-5-3-2-4-6-22)11-14-27(33)29-25-15-17-31(18-16-25)26-12-13-26/h2-11,14,20,25-26H,12-13,15-19H2,1H3,(H,29,33)/b14-11+. The first-order valence-corrected chi connectivity index (χ1v) is 12.0. The van der Waals surface area contributed by atoms with E-state index in [2.05, 4.69) is 53.5 Å². The van der Waals surface area contributed by atoms with Crippen LogP contribution in [0.1, 0.15) is 42.4 Å². The Hall–Kier alpha value is -3.18. The first kappa shape index (κ1) is 21.7. The quantitative estimate of drug-likeness (QED) is 0.544. The van der Waals surface area contributed by atoms with Gasteiger partial charge in [0.2, 0.25) is 5.91 Å². The fraction of sp³-hybridized carbons (Fsp3) is 0.357. The maximum absolute atomic E-state index is 12.7. The van der Waals surface area contributed by atoms with Crippen LogP contribution < -0.4 is 5.32 Å². The molecule has 2 aliphatic rings. The van der Waals surface area contributed by atoms with Gasteiger partial charge in [0.1, 0.15) is 0 Å². The second-order valence-electron chi connectivity index (χ2n) is 9.37. The number of nitrogens with zero attached hydrogens (tertiary/aromatic N) is 3. The molecule has 2 aromatic carbocycles. The number of aryl methyl sites for hydroxylation is 1. The Morgan fingerprint density at radius 2 is 1.76 bits per heavy atom. The summed E-state index contributed by atoms with van der Waals surface area (Å²) < 4.78 is 1.95. The normalized spacial score (nSPS) is 17.5. The molecule has 0 bridgehead atoms. The number of aromatic nitrogens is 2. The van der Waals surface area contributed by atoms with Gasteiger partial charge in [-0.1, -0.05) is 60.2 Å². The van der Waals surface area contributed by atoms with Gasteiger partial charge in [-0.05, 0) is 44.2 Å². The van der Waals surface area contributed by atoms with Crippen LogP contribution in [0.15, 0.2) is 66.9 Å². The summed E-state index contributed by atoms with van der Waals surface area (Å²) in [6.45, 7) is 4.98. The lowest BCUT2D eigenvalue weighted by Crippen LogP contribution is -2.44. The average molecular weight is 441 g/mol. The van der Waals surface area contributed by atoms with E-state index in [9.17, 15) is 4.79 Å². The van der Waals surface area contributed by atoms with Crippen LogP contribution in [0, 0.1) is 6.92 Å². The predicted octanol–water partition coefficient (Wildman–Crippen LogP) is 4.66. The molecule has 5 rings (SSSR count). The molecule has 1 aliphatic heterocycles. The van der Waals surface area contributed by atoms with E-state index in [0.29, 0.717) is 6.54 Å². The number of carbonyl (C=O) groups is 1. The first-order chi connectivity index (χ1) is 16.1. The molecule has 170 valence electrons. The molecule has 1 amide bonds. The second kappa shape index (κ2) is 9.75. The highest BCUT2D eigenvalue weighted by Gasteiger charge is 2.31. The molecule has 5 heteroatoms. The minimum Gasteiger partial charge on any atom is -0.350 e. The summed E-state index contributed by atoms with van der Waals surface area (Å²) in [4.78, 5) is 15.2. The molecule has 3 aromatic rings. The van der Waals surface area contributed by atoms with Gasteiger partial charge in [-0.2, -0.15) is 5.10 Å². The summed E-state index contributed by atoms with van der Waals surface area (Å²) in [5.41, 5.74) is 5.31.